The summed E-state index contributed by atoms with van der Waals surface area (Å²) in [5.41, 5.74) is 1.01. The topological polar surface area (TPSA) is 87.1 Å². The number of aromatic carboxylic acids is 1. The molecule has 0 aliphatic heterocycles. The number of aliphatic hydroxyl groups excluding tert-OH is 1. The molecule has 0 bridgehead atoms. The molecular weight excluding hydrogens is 330 g/mol. The van der Waals surface area contributed by atoms with Crippen LogP contribution in [0.3, 0.4) is 0 Å². The van der Waals surface area contributed by atoms with Crippen molar-refractivity contribution < 1.29 is 24.5 Å². The van der Waals surface area contributed by atoms with Crippen LogP contribution in [0.15, 0.2) is 42.5 Å². The average Bonchev–Trinajstić information content (AvgIpc) is 3.05. The molecule has 0 radical (unpaired) electrons. The second-order valence-electron chi connectivity index (χ2n) is 5.31. The van der Waals surface area contributed by atoms with Gasteiger partial charge in [0.1, 0.15) is 4.88 Å². The minimum absolute atomic E-state index is 0.105. The van der Waals surface area contributed by atoms with Crippen LogP contribution in [0, 0.1) is 0 Å². The second-order valence-corrected chi connectivity index (χ2v) is 6.39. The summed E-state index contributed by atoms with van der Waals surface area (Å²) in [7, 11) is 1.56. The number of likely N-dealkylation sites (N-methyl/N-ethyl adjacent to an activating group) is 1. The number of amides is 1. The van der Waals surface area contributed by atoms with Gasteiger partial charge >= 0.3 is 5.97 Å². The normalized spacial score (nSPS) is 11.9. The van der Waals surface area contributed by atoms with Gasteiger partial charge in [-0.15, -0.1) is 11.3 Å². The SMILES string of the molecule is CN(CC(O)COCc1ccccc1)C(=O)c1ccc(C(=O)O)s1. The highest BCUT2D eigenvalue weighted by molar-refractivity contribution is 7.15. The zero-order valence-corrected chi connectivity index (χ0v) is 14.0. The van der Waals surface area contributed by atoms with Crippen molar-refractivity contribution in [3.63, 3.8) is 0 Å². The molecule has 6 nitrogen and oxygen atoms in total. The first-order valence-electron chi connectivity index (χ1n) is 7.35. The monoisotopic (exact) mass is 349 g/mol. The molecule has 7 heteroatoms. The van der Waals surface area contributed by atoms with Crippen LogP contribution in [0.1, 0.15) is 24.9 Å². The van der Waals surface area contributed by atoms with Gasteiger partial charge in [0.2, 0.25) is 0 Å². The number of benzene rings is 1. The van der Waals surface area contributed by atoms with Crippen molar-refractivity contribution in [3.05, 3.63) is 57.8 Å². The summed E-state index contributed by atoms with van der Waals surface area (Å²) in [6.07, 6.45) is -0.818. The van der Waals surface area contributed by atoms with Crippen LogP contribution in [0.25, 0.3) is 0 Å². The summed E-state index contributed by atoms with van der Waals surface area (Å²) >= 11 is 0.916. The number of rotatable bonds is 8. The van der Waals surface area contributed by atoms with E-state index in [1.807, 2.05) is 30.3 Å². The Hall–Kier alpha value is -2.22. The molecule has 0 saturated heterocycles. The second kappa shape index (κ2) is 8.58. The van der Waals surface area contributed by atoms with Crippen LogP contribution < -0.4 is 0 Å². The van der Waals surface area contributed by atoms with Crippen LogP contribution in [-0.4, -0.2) is 53.3 Å². The van der Waals surface area contributed by atoms with Crippen LogP contribution in [0.5, 0.6) is 0 Å². The van der Waals surface area contributed by atoms with E-state index >= 15 is 0 Å². The Kier molecular flexibility index (Phi) is 6.48. The van der Waals surface area contributed by atoms with Crippen LogP contribution in [-0.2, 0) is 11.3 Å². The number of thiophene rings is 1. The molecule has 0 aliphatic carbocycles. The fraction of sp³-hybridized carbons (Fsp3) is 0.294. The molecule has 1 unspecified atom stereocenters. The van der Waals surface area contributed by atoms with E-state index in [2.05, 4.69) is 0 Å². The van der Waals surface area contributed by atoms with Gasteiger partial charge in [0.15, 0.2) is 0 Å². The van der Waals surface area contributed by atoms with E-state index in [1.165, 1.54) is 17.0 Å². The number of hydrogen-bond donors (Lipinski definition) is 2. The first-order chi connectivity index (χ1) is 11.5. The van der Waals surface area contributed by atoms with E-state index in [0.29, 0.717) is 11.5 Å². The molecular formula is C17H19NO5S. The van der Waals surface area contributed by atoms with Gasteiger partial charge in [-0.25, -0.2) is 4.79 Å². The number of aliphatic hydroxyl groups is 1. The van der Waals surface area contributed by atoms with E-state index in [-0.39, 0.29) is 23.9 Å². The Morgan fingerprint density at radius 2 is 1.83 bits per heavy atom. The number of ether oxygens (including phenoxy) is 1. The van der Waals surface area contributed by atoms with E-state index < -0.39 is 12.1 Å². The third-order valence-electron chi connectivity index (χ3n) is 3.28. The Labute approximate surface area is 143 Å². The summed E-state index contributed by atoms with van der Waals surface area (Å²) in [6, 6.07) is 12.5. The number of carbonyl (C=O) groups excluding carboxylic acids is 1. The largest absolute Gasteiger partial charge is 0.477 e. The Morgan fingerprint density at radius 1 is 1.17 bits per heavy atom. The highest BCUT2D eigenvalue weighted by Gasteiger charge is 2.19. The lowest BCUT2D eigenvalue weighted by molar-refractivity contribution is 0.0138. The van der Waals surface area contributed by atoms with Crippen molar-refractivity contribution in [2.75, 3.05) is 20.2 Å². The smallest absolute Gasteiger partial charge is 0.345 e. The van der Waals surface area contributed by atoms with Crippen molar-refractivity contribution >= 4 is 23.2 Å². The van der Waals surface area contributed by atoms with Gasteiger partial charge in [0.25, 0.3) is 5.91 Å². The first kappa shape index (κ1) is 18.1. The Bertz CT molecular complexity index is 685. The average molecular weight is 349 g/mol. The molecule has 24 heavy (non-hydrogen) atoms. The molecule has 0 spiro atoms. The van der Waals surface area contributed by atoms with Crippen molar-refractivity contribution in [1.82, 2.24) is 4.90 Å². The lowest BCUT2D eigenvalue weighted by Crippen LogP contribution is -2.36. The minimum Gasteiger partial charge on any atom is -0.477 e. The van der Waals surface area contributed by atoms with E-state index in [1.54, 1.807) is 7.05 Å². The Morgan fingerprint density at radius 3 is 2.46 bits per heavy atom. The summed E-state index contributed by atoms with van der Waals surface area (Å²) in [5.74, 6) is -1.38. The zero-order valence-electron chi connectivity index (χ0n) is 13.2. The molecule has 2 aromatic rings. The third-order valence-corrected chi connectivity index (χ3v) is 4.34. The molecule has 0 fully saturated rings. The maximum Gasteiger partial charge on any atom is 0.345 e. The van der Waals surface area contributed by atoms with Gasteiger partial charge in [0.05, 0.1) is 24.2 Å². The minimum atomic E-state index is -1.06. The molecule has 1 heterocycles. The number of carboxylic acids is 1. The fourth-order valence-corrected chi connectivity index (χ4v) is 2.93. The van der Waals surface area contributed by atoms with Crippen molar-refractivity contribution in [1.29, 1.82) is 0 Å². The number of carboxylic acid groups (broad SMARTS) is 1. The molecule has 1 amide bonds. The van der Waals surface area contributed by atoms with Crippen LogP contribution in [0.4, 0.5) is 0 Å². The van der Waals surface area contributed by atoms with E-state index in [0.717, 1.165) is 16.9 Å². The lowest BCUT2D eigenvalue weighted by Gasteiger charge is -2.20. The number of nitrogens with zero attached hydrogens (tertiary/aromatic N) is 1. The van der Waals surface area contributed by atoms with Crippen LogP contribution >= 0.6 is 11.3 Å². The Balaban J connectivity index is 1.78. The highest BCUT2D eigenvalue weighted by Crippen LogP contribution is 2.18. The van der Waals surface area contributed by atoms with Gasteiger partial charge in [0, 0.05) is 13.6 Å². The summed E-state index contributed by atoms with van der Waals surface area (Å²) in [6.45, 7) is 0.605. The highest BCUT2D eigenvalue weighted by atomic mass is 32.1. The molecule has 1 aromatic heterocycles. The van der Waals surface area contributed by atoms with Crippen molar-refractivity contribution in [2.45, 2.75) is 12.7 Å². The lowest BCUT2D eigenvalue weighted by atomic mass is 10.2. The van der Waals surface area contributed by atoms with E-state index in [9.17, 15) is 14.7 Å². The van der Waals surface area contributed by atoms with Gasteiger partial charge in [-0.3, -0.25) is 4.79 Å². The van der Waals surface area contributed by atoms with Gasteiger partial charge in [-0.2, -0.15) is 0 Å². The van der Waals surface area contributed by atoms with Gasteiger partial charge in [-0.1, -0.05) is 30.3 Å². The molecule has 128 valence electrons. The predicted octanol–water partition coefficient (Wildman–Crippen LogP) is 2.10. The summed E-state index contributed by atoms with van der Waals surface area (Å²) in [4.78, 5) is 24.8. The molecule has 2 rings (SSSR count). The molecule has 2 N–H and O–H groups in total. The maximum absolute atomic E-state index is 12.2. The molecule has 0 aliphatic rings. The molecule has 1 aromatic carbocycles. The van der Waals surface area contributed by atoms with Crippen molar-refractivity contribution in [3.8, 4) is 0 Å². The van der Waals surface area contributed by atoms with E-state index in [4.69, 9.17) is 9.84 Å². The fourth-order valence-electron chi connectivity index (χ4n) is 2.09. The summed E-state index contributed by atoms with van der Waals surface area (Å²) < 4.78 is 5.44. The quantitative estimate of drug-likeness (QED) is 0.762. The van der Waals surface area contributed by atoms with Crippen molar-refractivity contribution in [2.24, 2.45) is 0 Å². The predicted molar refractivity (Wildman–Crippen MR) is 90.3 cm³/mol. The third kappa shape index (κ3) is 5.16. The summed E-state index contributed by atoms with van der Waals surface area (Å²) in [5, 5.41) is 18.9. The molecule has 0 saturated carbocycles. The zero-order chi connectivity index (χ0) is 17.5. The van der Waals surface area contributed by atoms with Crippen LogP contribution in [0.2, 0.25) is 0 Å². The number of hydrogen-bond acceptors (Lipinski definition) is 5. The number of carbonyl (C=O) groups is 2. The van der Waals surface area contributed by atoms with Gasteiger partial charge < -0.3 is 19.8 Å². The standard InChI is InChI=1S/C17H19NO5S/c1-18(16(20)14-7-8-15(24-14)17(21)22)9-13(19)11-23-10-12-5-3-2-4-6-12/h2-8,13,19H,9-11H2,1H3,(H,21,22). The van der Waals surface area contributed by atoms with Gasteiger partial charge in [-0.05, 0) is 17.7 Å². The molecule has 1 atom stereocenters. The maximum atomic E-state index is 12.2. The first-order valence-corrected chi connectivity index (χ1v) is 8.17.